The fourth-order valence-electron chi connectivity index (χ4n) is 5.81. The number of hydrogen-bond donors (Lipinski definition) is 0. The van der Waals surface area contributed by atoms with Crippen molar-refractivity contribution in [3.8, 4) is 50.6 Å². The molecule has 44 heavy (non-hydrogen) atoms. The number of benzene rings is 5. The van der Waals surface area contributed by atoms with Crippen molar-refractivity contribution >= 4 is 0 Å². The molecule has 6 rings (SSSR count). The summed E-state index contributed by atoms with van der Waals surface area (Å²) in [4.78, 5) is 5.10. The number of imidazole rings is 1. The Balaban J connectivity index is 0.00000384. The minimum Gasteiger partial charge on any atom is -0.333 e. The molecule has 0 amide bonds. The van der Waals surface area contributed by atoms with E-state index in [0.29, 0.717) is 0 Å². The smallest absolute Gasteiger partial charge is 0.0634 e. The van der Waals surface area contributed by atoms with E-state index in [4.69, 9.17) is 4.98 Å². The van der Waals surface area contributed by atoms with Crippen LogP contribution in [0.3, 0.4) is 0 Å². The SMILES string of the molecule is CC(C)(C)c1cc(-c2ccccc2)cc(C(C)(C)C)c1-n1c(-c2cccc(-c3ccccc3)c2)cnc1-c1[c-]cccc1.[Ir]. The van der Waals surface area contributed by atoms with E-state index in [1.54, 1.807) is 0 Å². The van der Waals surface area contributed by atoms with Crippen molar-refractivity contribution in [3.05, 3.63) is 145 Å². The van der Waals surface area contributed by atoms with Crippen LogP contribution in [-0.4, -0.2) is 9.55 Å². The predicted octanol–water partition coefficient (Wildman–Crippen LogP) is 10.9. The second kappa shape index (κ2) is 12.5. The molecule has 0 aliphatic heterocycles. The standard InChI is InChI=1S/C41H39N2.Ir/c1-40(2,3)35-26-34(30-19-12-8-13-20-30)27-36(41(4,5)6)38(35)43-37(28-42-39(43)31-21-14-9-15-22-31)33-24-16-23-32(25-33)29-17-10-7-11-18-29;/h7-21,23-28H,1-6H3;/q-1;. The molecule has 5 aromatic carbocycles. The largest absolute Gasteiger partial charge is 0.333 e. The molecule has 0 saturated carbocycles. The van der Waals surface area contributed by atoms with Crippen molar-refractivity contribution in [1.82, 2.24) is 9.55 Å². The summed E-state index contributed by atoms with van der Waals surface area (Å²) in [6, 6.07) is 46.5. The quantitative estimate of drug-likeness (QED) is 0.160. The third-order valence-corrected chi connectivity index (χ3v) is 8.03. The summed E-state index contributed by atoms with van der Waals surface area (Å²) >= 11 is 0. The van der Waals surface area contributed by atoms with E-state index in [-0.39, 0.29) is 30.9 Å². The van der Waals surface area contributed by atoms with Gasteiger partial charge in [0.25, 0.3) is 0 Å². The zero-order chi connectivity index (χ0) is 30.2. The zero-order valence-corrected chi connectivity index (χ0v) is 28.7. The fraction of sp³-hybridized carbons (Fsp3) is 0.195. The topological polar surface area (TPSA) is 17.8 Å². The normalized spacial score (nSPS) is 11.7. The van der Waals surface area contributed by atoms with Crippen molar-refractivity contribution in [2.75, 3.05) is 0 Å². The van der Waals surface area contributed by atoms with Crippen LogP contribution in [-0.2, 0) is 30.9 Å². The predicted molar refractivity (Wildman–Crippen MR) is 182 cm³/mol. The Morgan fingerprint density at radius 1 is 0.545 bits per heavy atom. The first-order valence-electron chi connectivity index (χ1n) is 15.1. The zero-order valence-electron chi connectivity index (χ0n) is 26.4. The molecule has 3 heteroatoms. The average Bonchev–Trinajstić information content (AvgIpc) is 3.46. The molecule has 0 unspecified atom stereocenters. The Morgan fingerprint density at radius 2 is 1.07 bits per heavy atom. The number of hydrogen-bond acceptors (Lipinski definition) is 1. The van der Waals surface area contributed by atoms with Crippen molar-refractivity contribution in [2.24, 2.45) is 0 Å². The van der Waals surface area contributed by atoms with Gasteiger partial charge in [-0.3, -0.25) is 4.98 Å². The van der Waals surface area contributed by atoms with Crippen LogP contribution in [0.1, 0.15) is 52.7 Å². The summed E-state index contributed by atoms with van der Waals surface area (Å²) < 4.78 is 2.39. The van der Waals surface area contributed by atoms with E-state index in [2.05, 4.69) is 161 Å². The molecule has 0 aliphatic carbocycles. The Bertz CT molecular complexity index is 1820. The van der Waals surface area contributed by atoms with Crippen LogP contribution in [0.4, 0.5) is 0 Å². The summed E-state index contributed by atoms with van der Waals surface area (Å²) in [6.45, 7) is 13.9. The minimum absolute atomic E-state index is 0. The van der Waals surface area contributed by atoms with Gasteiger partial charge in [0.05, 0.1) is 11.5 Å². The summed E-state index contributed by atoms with van der Waals surface area (Å²) in [6.07, 6.45) is 2.03. The Labute approximate surface area is 276 Å². The van der Waals surface area contributed by atoms with Crippen LogP contribution < -0.4 is 0 Å². The molecule has 0 saturated heterocycles. The molecular formula is C41H39IrN2-. The average molecular weight is 752 g/mol. The molecule has 2 nitrogen and oxygen atoms in total. The summed E-state index contributed by atoms with van der Waals surface area (Å²) in [5.41, 5.74) is 11.5. The van der Waals surface area contributed by atoms with Gasteiger partial charge in [-0.2, -0.15) is 0 Å². The Kier molecular flexibility index (Phi) is 8.93. The summed E-state index contributed by atoms with van der Waals surface area (Å²) in [7, 11) is 0. The van der Waals surface area contributed by atoms with Crippen LogP contribution in [0, 0.1) is 6.07 Å². The van der Waals surface area contributed by atoms with E-state index in [1.165, 1.54) is 39.1 Å². The molecule has 0 spiro atoms. The first kappa shape index (κ1) is 31.4. The van der Waals surface area contributed by atoms with Gasteiger partial charge in [-0.05, 0) is 68.0 Å². The molecule has 1 heterocycles. The summed E-state index contributed by atoms with van der Waals surface area (Å²) in [5, 5.41) is 0. The maximum atomic E-state index is 5.10. The molecule has 0 N–H and O–H groups in total. The van der Waals surface area contributed by atoms with Gasteiger partial charge in [0, 0.05) is 32.0 Å². The fourth-order valence-corrected chi connectivity index (χ4v) is 5.81. The summed E-state index contributed by atoms with van der Waals surface area (Å²) in [5.74, 6) is 0.893. The van der Waals surface area contributed by atoms with Gasteiger partial charge in [0.2, 0.25) is 0 Å². The number of aromatic nitrogens is 2. The third-order valence-electron chi connectivity index (χ3n) is 8.03. The van der Waals surface area contributed by atoms with Crippen LogP contribution in [0.5, 0.6) is 0 Å². The Morgan fingerprint density at radius 3 is 1.61 bits per heavy atom. The van der Waals surface area contributed by atoms with E-state index in [1.807, 2.05) is 18.3 Å². The first-order valence-corrected chi connectivity index (χ1v) is 15.1. The van der Waals surface area contributed by atoms with Crippen molar-refractivity contribution in [2.45, 2.75) is 52.4 Å². The van der Waals surface area contributed by atoms with Gasteiger partial charge >= 0.3 is 0 Å². The minimum atomic E-state index is -0.134. The van der Waals surface area contributed by atoms with Crippen molar-refractivity contribution in [3.63, 3.8) is 0 Å². The van der Waals surface area contributed by atoms with Crippen molar-refractivity contribution < 1.29 is 20.1 Å². The van der Waals surface area contributed by atoms with Gasteiger partial charge in [-0.1, -0.05) is 120 Å². The van der Waals surface area contributed by atoms with Crippen molar-refractivity contribution in [1.29, 1.82) is 0 Å². The maximum Gasteiger partial charge on any atom is 0.0634 e. The number of rotatable bonds is 5. The van der Waals surface area contributed by atoms with Gasteiger partial charge in [-0.25, -0.2) is 0 Å². The molecule has 0 atom stereocenters. The molecule has 0 bridgehead atoms. The molecule has 1 aromatic heterocycles. The molecule has 0 fully saturated rings. The van der Waals surface area contributed by atoms with Gasteiger partial charge in [0.15, 0.2) is 0 Å². The van der Waals surface area contributed by atoms with Gasteiger partial charge in [-0.15, -0.1) is 35.9 Å². The van der Waals surface area contributed by atoms with Crippen LogP contribution >= 0.6 is 0 Å². The first-order chi connectivity index (χ1) is 20.6. The van der Waals surface area contributed by atoms with E-state index >= 15 is 0 Å². The maximum absolute atomic E-state index is 5.10. The van der Waals surface area contributed by atoms with E-state index in [9.17, 15) is 0 Å². The van der Waals surface area contributed by atoms with Gasteiger partial charge < -0.3 is 4.57 Å². The van der Waals surface area contributed by atoms with Crippen LogP contribution in [0.2, 0.25) is 0 Å². The second-order valence-corrected chi connectivity index (χ2v) is 13.3. The molecule has 0 aliphatic rings. The van der Waals surface area contributed by atoms with E-state index < -0.39 is 0 Å². The molecule has 1 radical (unpaired) electrons. The molecule has 6 aromatic rings. The Hall–Kier alpha value is -4.04. The van der Waals surface area contributed by atoms with Gasteiger partial charge in [0.1, 0.15) is 0 Å². The van der Waals surface area contributed by atoms with Crippen LogP contribution in [0.15, 0.2) is 128 Å². The van der Waals surface area contributed by atoms with E-state index in [0.717, 1.165) is 22.6 Å². The van der Waals surface area contributed by atoms with Crippen LogP contribution in [0.25, 0.3) is 50.6 Å². The second-order valence-electron chi connectivity index (χ2n) is 13.3. The number of nitrogens with zero attached hydrogens (tertiary/aromatic N) is 2. The molecular weight excluding hydrogens is 713 g/mol. The molecule has 223 valence electrons. The monoisotopic (exact) mass is 752 g/mol. The third kappa shape index (κ3) is 6.27.